The largest absolute Gasteiger partial charge is 0.480 e. The van der Waals surface area contributed by atoms with E-state index in [9.17, 15) is 9.59 Å². The molecule has 0 radical (unpaired) electrons. The zero-order chi connectivity index (χ0) is 24.6. The Balaban J connectivity index is 1.37. The summed E-state index contributed by atoms with van der Waals surface area (Å²) in [5.74, 6) is -0.365. The Morgan fingerprint density at radius 3 is 2.46 bits per heavy atom. The summed E-state index contributed by atoms with van der Waals surface area (Å²) in [5, 5.41) is 17.1. The second-order valence-corrected chi connectivity index (χ2v) is 10.9. The Bertz CT molecular complexity index is 1060. The van der Waals surface area contributed by atoms with Crippen molar-refractivity contribution >= 4 is 12.0 Å². The summed E-state index contributed by atoms with van der Waals surface area (Å²) in [6.07, 6.45) is 9.22. The zero-order valence-electron chi connectivity index (χ0n) is 20.8. The molecule has 2 saturated carbocycles. The van der Waals surface area contributed by atoms with Gasteiger partial charge in [-0.25, -0.2) is 9.48 Å². The number of carbonyl (C=O) groups is 2. The van der Waals surface area contributed by atoms with E-state index in [1.165, 1.54) is 29.5 Å². The zero-order valence-corrected chi connectivity index (χ0v) is 20.8. The number of hydrogen-bond acceptors (Lipinski definition) is 5. The molecule has 9 heteroatoms. The minimum atomic E-state index is -0.964. The number of carboxylic acid groups (broad SMARTS) is 1. The molecule has 1 N–H and O–H groups in total. The second-order valence-electron chi connectivity index (χ2n) is 10.9. The molecule has 0 atom stereocenters. The van der Waals surface area contributed by atoms with Gasteiger partial charge in [-0.05, 0) is 64.1 Å². The van der Waals surface area contributed by atoms with Crippen molar-refractivity contribution in [1.29, 1.82) is 0 Å². The van der Waals surface area contributed by atoms with Crippen LogP contribution in [0.15, 0.2) is 36.5 Å². The molecular weight excluding hydrogens is 444 g/mol. The van der Waals surface area contributed by atoms with Gasteiger partial charge in [0.15, 0.2) is 0 Å². The van der Waals surface area contributed by atoms with E-state index >= 15 is 0 Å². The number of amides is 2. The fraction of sp³-hybridized carbons (Fsp3) is 0.615. The summed E-state index contributed by atoms with van der Waals surface area (Å²) in [4.78, 5) is 31.1. The summed E-state index contributed by atoms with van der Waals surface area (Å²) in [7, 11) is 4.34. The summed E-state index contributed by atoms with van der Waals surface area (Å²) in [5.41, 5.74) is 1.78. The number of urea groups is 1. The number of carboxylic acids is 1. The molecule has 2 aromatic rings. The van der Waals surface area contributed by atoms with Crippen LogP contribution in [0.1, 0.15) is 56.2 Å². The highest BCUT2D eigenvalue weighted by Crippen LogP contribution is 2.49. The predicted molar refractivity (Wildman–Crippen MR) is 131 cm³/mol. The molecule has 3 aliphatic rings. The topological polar surface area (TPSA) is 94.8 Å². The summed E-state index contributed by atoms with van der Waals surface area (Å²) < 4.78 is 1.31. The van der Waals surface area contributed by atoms with Gasteiger partial charge < -0.3 is 14.9 Å². The molecule has 1 aliphatic heterocycles. The minimum absolute atomic E-state index is 0.0232. The minimum Gasteiger partial charge on any atom is -0.480 e. The molecule has 35 heavy (non-hydrogen) atoms. The van der Waals surface area contributed by atoms with Crippen LogP contribution in [-0.4, -0.2) is 79.5 Å². The van der Waals surface area contributed by atoms with Crippen LogP contribution in [0.5, 0.6) is 0 Å². The van der Waals surface area contributed by atoms with Crippen molar-refractivity contribution in [2.24, 2.45) is 5.92 Å². The first-order valence-electron chi connectivity index (χ1n) is 12.7. The van der Waals surface area contributed by atoms with Gasteiger partial charge in [0.1, 0.15) is 12.2 Å². The van der Waals surface area contributed by atoms with Crippen molar-refractivity contribution in [1.82, 2.24) is 29.7 Å². The van der Waals surface area contributed by atoms with Crippen molar-refractivity contribution in [3.8, 4) is 0 Å². The predicted octanol–water partition coefficient (Wildman–Crippen LogP) is 3.17. The molecular formula is C26H36N6O3. The molecule has 0 unspecified atom stereocenters. The van der Waals surface area contributed by atoms with Crippen molar-refractivity contribution < 1.29 is 14.7 Å². The van der Waals surface area contributed by atoms with Gasteiger partial charge in [-0.3, -0.25) is 9.69 Å². The summed E-state index contributed by atoms with van der Waals surface area (Å²) in [6, 6.07) is 10.9. The van der Waals surface area contributed by atoms with Gasteiger partial charge in [0.25, 0.3) is 0 Å². The highest BCUT2D eigenvalue weighted by atomic mass is 16.4. The molecule has 1 aromatic heterocycles. The molecule has 2 aliphatic carbocycles. The van der Waals surface area contributed by atoms with E-state index in [0.29, 0.717) is 24.7 Å². The van der Waals surface area contributed by atoms with Crippen molar-refractivity contribution in [2.45, 2.75) is 69.1 Å². The highest BCUT2D eigenvalue weighted by Gasteiger charge is 2.54. The van der Waals surface area contributed by atoms with Gasteiger partial charge in [0.05, 0.1) is 18.3 Å². The monoisotopic (exact) mass is 480 g/mol. The van der Waals surface area contributed by atoms with Gasteiger partial charge in [-0.15, -0.1) is 5.10 Å². The van der Waals surface area contributed by atoms with Gasteiger partial charge in [0, 0.05) is 18.6 Å². The first kappa shape index (κ1) is 23.8. The number of hydrogen-bond donors (Lipinski definition) is 1. The van der Waals surface area contributed by atoms with E-state index in [0.717, 1.165) is 32.2 Å². The van der Waals surface area contributed by atoms with Crippen LogP contribution in [0.25, 0.3) is 0 Å². The number of aromatic nitrogens is 3. The van der Waals surface area contributed by atoms with Gasteiger partial charge in [-0.2, -0.15) is 0 Å². The Morgan fingerprint density at radius 2 is 1.86 bits per heavy atom. The molecule has 0 bridgehead atoms. The third-order valence-corrected chi connectivity index (χ3v) is 8.64. The molecule has 1 spiro atoms. The van der Waals surface area contributed by atoms with E-state index in [-0.39, 0.29) is 23.7 Å². The van der Waals surface area contributed by atoms with Crippen LogP contribution in [-0.2, 0) is 23.4 Å². The lowest BCUT2D eigenvalue weighted by atomic mass is 9.68. The van der Waals surface area contributed by atoms with Crippen LogP contribution in [0.4, 0.5) is 4.79 Å². The smallest absolute Gasteiger partial charge is 0.325 e. The van der Waals surface area contributed by atoms with E-state index < -0.39 is 5.97 Å². The number of carbonyl (C=O) groups excluding carboxylic acids is 1. The van der Waals surface area contributed by atoms with E-state index in [4.69, 9.17) is 5.11 Å². The number of nitrogens with zero attached hydrogens (tertiary/aromatic N) is 6. The van der Waals surface area contributed by atoms with Crippen LogP contribution in [0.2, 0.25) is 0 Å². The third-order valence-electron chi connectivity index (χ3n) is 8.64. The molecule has 2 amide bonds. The standard InChI is InChI=1S/C26H36N6O3/c1-29(2)26(21-9-4-3-5-10-21)13-11-25(12-14-26)19-30(24(35)32(25)15-20-7-6-8-20)16-22-17-31(28-27-22)18-23(33)34/h3-5,9-10,17,20H,6-8,11-16,18-19H2,1-2H3,(H,33,34)/t25-,26-. The number of benzene rings is 1. The van der Waals surface area contributed by atoms with E-state index in [1.54, 1.807) is 6.20 Å². The first-order valence-corrected chi connectivity index (χ1v) is 12.7. The van der Waals surface area contributed by atoms with Gasteiger partial charge in [0.2, 0.25) is 0 Å². The third kappa shape index (κ3) is 4.42. The lowest BCUT2D eigenvalue weighted by Crippen LogP contribution is -2.56. The summed E-state index contributed by atoms with van der Waals surface area (Å²) >= 11 is 0. The molecule has 2 heterocycles. The summed E-state index contributed by atoms with van der Waals surface area (Å²) in [6.45, 7) is 1.65. The fourth-order valence-electron chi connectivity index (χ4n) is 6.33. The first-order chi connectivity index (χ1) is 16.8. The fourth-order valence-corrected chi connectivity index (χ4v) is 6.33. The molecule has 5 rings (SSSR count). The van der Waals surface area contributed by atoms with Crippen molar-refractivity contribution in [3.05, 3.63) is 47.8 Å². The normalized spacial score (nSPS) is 27.1. The Labute approximate surface area is 206 Å². The Morgan fingerprint density at radius 1 is 1.14 bits per heavy atom. The quantitative estimate of drug-likeness (QED) is 0.624. The second kappa shape index (κ2) is 9.26. The lowest BCUT2D eigenvalue weighted by Gasteiger charge is -2.51. The van der Waals surface area contributed by atoms with E-state index in [1.807, 2.05) is 4.90 Å². The molecule has 1 saturated heterocycles. The molecule has 9 nitrogen and oxygen atoms in total. The average molecular weight is 481 g/mol. The lowest BCUT2D eigenvalue weighted by molar-refractivity contribution is -0.137. The Kier molecular flexibility index (Phi) is 6.29. The SMILES string of the molecule is CN(C)[C@]1(c2ccccc2)CC[C@@]2(CC1)CN(Cc1cn(CC(=O)O)nn1)C(=O)N2CC1CCC1. The Hall–Kier alpha value is -2.94. The maximum Gasteiger partial charge on any atom is 0.325 e. The van der Waals surface area contributed by atoms with Crippen molar-refractivity contribution in [2.75, 3.05) is 27.2 Å². The maximum atomic E-state index is 13.7. The van der Waals surface area contributed by atoms with Crippen LogP contribution in [0.3, 0.4) is 0 Å². The molecule has 188 valence electrons. The van der Waals surface area contributed by atoms with Crippen molar-refractivity contribution in [3.63, 3.8) is 0 Å². The highest BCUT2D eigenvalue weighted by molar-refractivity contribution is 5.78. The van der Waals surface area contributed by atoms with Crippen LogP contribution >= 0.6 is 0 Å². The number of aliphatic carboxylic acids is 1. The van der Waals surface area contributed by atoms with E-state index in [2.05, 4.69) is 64.5 Å². The van der Waals surface area contributed by atoms with Crippen LogP contribution in [0, 0.1) is 5.92 Å². The number of rotatable bonds is 8. The molecule has 1 aromatic carbocycles. The van der Waals surface area contributed by atoms with Gasteiger partial charge >= 0.3 is 12.0 Å². The van der Waals surface area contributed by atoms with Gasteiger partial charge in [-0.1, -0.05) is 42.0 Å². The molecule has 3 fully saturated rings. The van der Waals surface area contributed by atoms with Crippen LogP contribution < -0.4 is 0 Å². The maximum absolute atomic E-state index is 13.7. The average Bonchev–Trinajstić information content (AvgIpc) is 3.34.